The summed E-state index contributed by atoms with van der Waals surface area (Å²) in [5.41, 5.74) is 2.04. The van der Waals surface area contributed by atoms with Crippen molar-refractivity contribution in [1.29, 1.82) is 0 Å². The lowest BCUT2D eigenvalue weighted by Crippen LogP contribution is -2.30. The van der Waals surface area contributed by atoms with E-state index in [2.05, 4.69) is 17.6 Å². The van der Waals surface area contributed by atoms with Gasteiger partial charge in [-0.2, -0.15) is 0 Å². The van der Waals surface area contributed by atoms with E-state index in [4.69, 9.17) is 12.2 Å². The molecule has 1 rings (SSSR count). The molecule has 0 spiro atoms. The molecule has 0 saturated carbocycles. The van der Waals surface area contributed by atoms with Crippen molar-refractivity contribution < 1.29 is 4.79 Å². The fourth-order valence-corrected chi connectivity index (χ4v) is 1.88. The van der Waals surface area contributed by atoms with Gasteiger partial charge in [-0.25, -0.2) is 0 Å². The highest BCUT2D eigenvalue weighted by Gasteiger charge is 2.03. The van der Waals surface area contributed by atoms with Crippen molar-refractivity contribution in [1.82, 2.24) is 5.32 Å². The molecule has 0 radical (unpaired) electrons. The highest BCUT2D eigenvalue weighted by Crippen LogP contribution is 2.11. The minimum atomic E-state index is -0.0517. The summed E-state index contributed by atoms with van der Waals surface area (Å²) in [6.45, 7) is 5.48. The summed E-state index contributed by atoms with van der Waals surface area (Å²) in [5.74, 6) is -0.0517. The number of carbonyl (C=O) groups excluding carboxylic acids is 1. The van der Waals surface area contributed by atoms with E-state index in [-0.39, 0.29) is 5.91 Å². The number of rotatable bonds is 4. The third-order valence-corrected chi connectivity index (χ3v) is 2.38. The standard InChI is InChI=1S/C13H18N2OS/c1-9(14-11(3)17)8-12-4-6-13(7-5-12)15-10(2)16/h4-7,9H,8H2,1-3H3,(H,14,17)(H,15,16). The maximum absolute atomic E-state index is 10.9. The van der Waals surface area contributed by atoms with Crippen LogP contribution in [0.15, 0.2) is 24.3 Å². The van der Waals surface area contributed by atoms with Gasteiger partial charge >= 0.3 is 0 Å². The Bertz CT molecular complexity index is 400. The number of hydrogen-bond acceptors (Lipinski definition) is 2. The second kappa shape index (κ2) is 6.35. The van der Waals surface area contributed by atoms with Crippen molar-refractivity contribution >= 4 is 28.8 Å². The van der Waals surface area contributed by atoms with Gasteiger partial charge in [0.2, 0.25) is 5.91 Å². The average Bonchev–Trinajstić information content (AvgIpc) is 2.18. The van der Waals surface area contributed by atoms with Crippen LogP contribution in [0.25, 0.3) is 0 Å². The SMILES string of the molecule is CC(=O)Nc1ccc(CC(C)NC(C)=S)cc1. The van der Waals surface area contributed by atoms with E-state index in [1.54, 1.807) is 0 Å². The third kappa shape index (κ3) is 5.45. The maximum atomic E-state index is 10.9. The van der Waals surface area contributed by atoms with Crippen molar-refractivity contribution in [2.75, 3.05) is 5.32 Å². The number of benzene rings is 1. The molecule has 1 unspecified atom stereocenters. The number of amides is 1. The first kappa shape index (κ1) is 13.6. The monoisotopic (exact) mass is 250 g/mol. The van der Waals surface area contributed by atoms with Gasteiger partial charge in [0.1, 0.15) is 0 Å². The van der Waals surface area contributed by atoms with Gasteiger partial charge in [0.05, 0.1) is 4.99 Å². The summed E-state index contributed by atoms with van der Waals surface area (Å²) in [6.07, 6.45) is 0.911. The van der Waals surface area contributed by atoms with Crippen LogP contribution >= 0.6 is 12.2 Å². The first-order valence-corrected chi connectivity index (χ1v) is 6.02. The highest BCUT2D eigenvalue weighted by molar-refractivity contribution is 7.80. The van der Waals surface area contributed by atoms with Gasteiger partial charge in [-0.05, 0) is 38.0 Å². The molecule has 92 valence electrons. The van der Waals surface area contributed by atoms with Crippen molar-refractivity contribution in [3.8, 4) is 0 Å². The zero-order valence-electron chi connectivity index (χ0n) is 10.4. The topological polar surface area (TPSA) is 41.1 Å². The molecule has 0 bridgehead atoms. The van der Waals surface area contributed by atoms with E-state index in [1.807, 2.05) is 31.2 Å². The molecular weight excluding hydrogens is 232 g/mol. The molecule has 0 aliphatic rings. The minimum Gasteiger partial charge on any atom is -0.377 e. The highest BCUT2D eigenvalue weighted by atomic mass is 32.1. The Labute approximate surface area is 108 Å². The van der Waals surface area contributed by atoms with Crippen LogP contribution in [0, 0.1) is 0 Å². The predicted molar refractivity (Wildman–Crippen MR) is 75.3 cm³/mol. The molecular formula is C13H18N2OS. The minimum absolute atomic E-state index is 0.0517. The van der Waals surface area contributed by atoms with E-state index in [1.165, 1.54) is 12.5 Å². The van der Waals surface area contributed by atoms with Gasteiger partial charge < -0.3 is 10.6 Å². The third-order valence-electron chi connectivity index (χ3n) is 2.27. The van der Waals surface area contributed by atoms with E-state index < -0.39 is 0 Å². The first-order valence-electron chi connectivity index (χ1n) is 5.61. The Balaban J connectivity index is 2.56. The van der Waals surface area contributed by atoms with E-state index in [0.29, 0.717) is 6.04 Å². The van der Waals surface area contributed by atoms with E-state index in [9.17, 15) is 4.79 Å². The summed E-state index contributed by atoms with van der Waals surface area (Å²) < 4.78 is 0. The quantitative estimate of drug-likeness (QED) is 0.807. The molecule has 1 aromatic rings. The molecule has 0 aliphatic carbocycles. The molecule has 4 heteroatoms. The van der Waals surface area contributed by atoms with Crippen molar-refractivity contribution in [3.05, 3.63) is 29.8 Å². The molecule has 3 nitrogen and oxygen atoms in total. The van der Waals surface area contributed by atoms with Gasteiger partial charge in [-0.3, -0.25) is 4.79 Å². The Kier molecular flexibility index (Phi) is 5.10. The number of thiocarbonyl (C=S) groups is 1. The van der Waals surface area contributed by atoms with Crippen LogP contribution in [0.1, 0.15) is 26.3 Å². The summed E-state index contributed by atoms with van der Waals surface area (Å²) in [7, 11) is 0. The van der Waals surface area contributed by atoms with Gasteiger partial charge in [0.25, 0.3) is 0 Å². The number of nitrogens with one attached hydrogen (secondary N) is 2. The zero-order valence-corrected chi connectivity index (χ0v) is 11.2. The largest absolute Gasteiger partial charge is 0.377 e. The van der Waals surface area contributed by atoms with Gasteiger partial charge in [0.15, 0.2) is 0 Å². The lowest BCUT2D eigenvalue weighted by Gasteiger charge is -2.14. The van der Waals surface area contributed by atoms with Crippen LogP contribution < -0.4 is 10.6 Å². The van der Waals surface area contributed by atoms with E-state index >= 15 is 0 Å². The first-order chi connectivity index (χ1) is 7.97. The number of carbonyl (C=O) groups is 1. The molecule has 0 aromatic heterocycles. The summed E-state index contributed by atoms with van der Waals surface area (Å²) >= 11 is 5.00. The van der Waals surface area contributed by atoms with Crippen molar-refractivity contribution in [2.24, 2.45) is 0 Å². The van der Waals surface area contributed by atoms with Crippen LogP contribution in [0.4, 0.5) is 5.69 Å². The van der Waals surface area contributed by atoms with Crippen molar-refractivity contribution in [2.45, 2.75) is 33.2 Å². The second-order valence-corrected chi connectivity index (χ2v) is 4.80. The second-order valence-electron chi connectivity index (χ2n) is 4.18. The summed E-state index contributed by atoms with van der Waals surface area (Å²) in [6, 6.07) is 8.17. The summed E-state index contributed by atoms with van der Waals surface area (Å²) in [5, 5.41) is 5.94. The fourth-order valence-electron chi connectivity index (χ4n) is 1.68. The lowest BCUT2D eigenvalue weighted by molar-refractivity contribution is -0.114. The van der Waals surface area contributed by atoms with Crippen LogP contribution in [-0.2, 0) is 11.2 Å². The number of anilines is 1. The zero-order chi connectivity index (χ0) is 12.8. The molecule has 0 heterocycles. The summed E-state index contributed by atoms with van der Waals surface area (Å²) in [4.78, 5) is 11.7. The van der Waals surface area contributed by atoms with Crippen LogP contribution in [0.3, 0.4) is 0 Å². The molecule has 2 N–H and O–H groups in total. The molecule has 0 fully saturated rings. The Morgan fingerprint density at radius 3 is 2.35 bits per heavy atom. The van der Waals surface area contributed by atoms with Gasteiger partial charge in [0, 0.05) is 18.7 Å². The lowest BCUT2D eigenvalue weighted by atomic mass is 10.1. The van der Waals surface area contributed by atoms with Crippen molar-refractivity contribution in [3.63, 3.8) is 0 Å². The molecule has 0 saturated heterocycles. The van der Waals surface area contributed by atoms with Gasteiger partial charge in [-0.15, -0.1) is 0 Å². The van der Waals surface area contributed by atoms with Crippen LogP contribution in [0.2, 0.25) is 0 Å². The Morgan fingerprint density at radius 2 is 1.88 bits per heavy atom. The smallest absolute Gasteiger partial charge is 0.221 e. The normalized spacial score (nSPS) is 11.7. The fraction of sp³-hybridized carbons (Fsp3) is 0.385. The molecule has 17 heavy (non-hydrogen) atoms. The van der Waals surface area contributed by atoms with Crippen LogP contribution in [0.5, 0.6) is 0 Å². The Hall–Kier alpha value is -1.42. The predicted octanol–water partition coefficient (Wildman–Crippen LogP) is 2.51. The molecule has 1 aromatic carbocycles. The molecule has 1 amide bonds. The van der Waals surface area contributed by atoms with Crippen LogP contribution in [-0.4, -0.2) is 16.9 Å². The molecule has 0 aliphatic heterocycles. The average molecular weight is 250 g/mol. The maximum Gasteiger partial charge on any atom is 0.221 e. The molecule has 1 atom stereocenters. The van der Waals surface area contributed by atoms with Gasteiger partial charge in [-0.1, -0.05) is 24.4 Å². The number of hydrogen-bond donors (Lipinski definition) is 2. The Morgan fingerprint density at radius 1 is 1.29 bits per heavy atom. The van der Waals surface area contributed by atoms with E-state index in [0.717, 1.165) is 17.1 Å².